The molecule has 0 fully saturated rings. The van der Waals surface area contributed by atoms with Crippen molar-refractivity contribution in [3.05, 3.63) is 28.1 Å². The molecule has 2 aromatic rings. The molecule has 0 bridgehead atoms. The standard InChI is InChI=1S/C12H18ClN5/c1-5-10-14-11(6-2)18(16-10)7-9-8(3)15-17(4)12(9)13/h5-7H2,1-4H3. The number of nitrogens with zero attached hydrogens (tertiary/aromatic N) is 5. The molecule has 0 atom stereocenters. The fourth-order valence-electron chi connectivity index (χ4n) is 1.97. The first-order valence-corrected chi connectivity index (χ1v) is 6.55. The van der Waals surface area contributed by atoms with E-state index in [1.807, 2.05) is 18.7 Å². The van der Waals surface area contributed by atoms with E-state index in [1.54, 1.807) is 4.68 Å². The molecule has 98 valence electrons. The van der Waals surface area contributed by atoms with E-state index >= 15 is 0 Å². The van der Waals surface area contributed by atoms with Crippen LogP contribution in [0.3, 0.4) is 0 Å². The highest BCUT2D eigenvalue weighted by Crippen LogP contribution is 2.20. The molecule has 2 rings (SSSR count). The third-order valence-corrected chi connectivity index (χ3v) is 3.48. The molecule has 0 spiro atoms. The lowest BCUT2D eigenvalue weighted by molar-refractivity contribution is 0.635. The summed E-state index contributed by atoms with van der Waals surface area (Å²) in [6, 6.07) is 0. The van der Waals surface area contributed by atoms with E-state index in [9.17, 15) is 0 Å². The molecule has 0 unspecified atom stereocenters. The van der Waals surface area contributed by atoms with E-state index in [4.69, 9.17) is 11.6 Å². The topological polar surface area (TPSA) is 48.5 Å². The monoisotopic (exact) mass is 267 g/mol. The van der Waals surface area contributed by atoms with Gasteiger partial charge in [-0.1, -0.05) is 25.4 Å². The van der Waals surface area contributed by atoms with E-state index in [0.29, 0.717) is 11.7 Å². The van der Waals surface area contributed by atoms with E-state index in [-0.39, 0.29) is 0 Å². The van der Waals surface area contributed by atoms with Crippen LogP contribution < -0.4 is 0 Å². The van der Waals surface area contributed by atoms with Crippen LogP contribution in [0.4, 0.5) is 0 Å². The fourth-order valence-corrected chi connectivity index (χ4v) is 2.20. The number of hydrogen-bond acceptors (Lipinski definition) is 3. The van der Waals surface area contributed by atoms with E-state index in [1.165, 1.54) is 0 Å². The Morgan fingerprint density at radius 3 is 2.39 bits per heavy atom. The van der Waals surface area contributed by atoms with Crippen LogP contribution >= 0.6 is 11.6 Å². The van der Waals surface area contributed by atoms with Gasteiger partial charge < -0.3 is 0 Å². The second-order valence-corrected chi connectivity index (χ2v) is 4.65. The Labute approximate surface area is 112 Å². The van der Waals surface area contributed by atoms with Gasteiger partial charge in [-0.2, -0.15) is 10.2 Å². The molecule has 0 aliphatic heterocycles. The summed E-state index contributed by atoms with van der Waals surface area (Å²) in [5.41, 5.74) is 1.96. The quantitative estimate of drug-likeness (QED) is 0.853. The maximum atomic E-state index is 6.24. The first-order chi connectivity index (χ1) is 8.56. The summed E-state index contributed by atoms with van der Waals surface area (Å²) in [4.78, 5) is 4.49. The Kier molecular flexibility index (Phi) is 3.71. The number of halogens is 1. The van der Waals surface area contributed by atoms with Gasteiger partial charge in [-0.25, -0.2) is 9.67 Å². The Morgan fingerprint density at radius 1 is 1.17 bits per heavy atom. The summed E-state index contributed by atoms with van der Waals surface area (Å²) in [7, 11) is 1.85. The molecule has 2 heterocycles. The molecule has 0 aliphatic carbocycles. The third-order valence-electron chi connectivity index (χ3n) is 3.00. The lowest BCUT2D eigenvalue weighted by Gasteiger charge is -2.04. The van der Waals surface area contributed by atoms with Gasteiger partial charge in [-0.3, -0.25) is 4.68 Å². The summed E-state index contributed by atoms with van der Waals surface area (Å²) < 4.78 is 3.62. The van der Waals surface area contributed by atoms with Crippen molar-refractivity contribution in [2.24, 2.45) is 7.05 Å². The molecular formula is C12H18ClN5. The Hall–Kier alpha value is -1.36. The molecular weight excluding hydrogens is 250 g/mol. The molecule has 0 saturated heterocycles. The number of aryl methyl sites for hydroxylation is 4. The van der Waals surface area contributed by atoms with Crippen molar-refractivity contribution in [3.63, 3.8) is 0 Å². The van der Waals surface area contributed by atoms with Crippen molar-refractivity contribution in [1.29, 1.82) is 0 Å². The largest absolute Gasteiger partial charge is 0.256 e. The smallest absolute Gasteiger partial charge is 0.150 e. The highest BCUT2D eigenvalue weighted by atomic mass is 35.5. The lowest BCUT2D eigenvalue weighted by atomic mass is 10.2. The Morgan fingerprint density at radius 2 is 1.89 bits per heavy atom. The molecule has 0 aromatic carbocycles. The van der Waals surface area contributed by atoms with Gasteiger partial charge in [-0.15, -0.1) is 0 Å². The van der Waals surface area contributed by atoms with Gasteiger partial charge in [0.2, 0.25) is 0 Å². The Bertz CT molecular complexity index is 555. The van der Waals surface area contributed by atoms with E-state index in [0.717, 1.165) is 35.7 Å². The minimum absolute atomic E-state index is 0.634. The summed E-state index contributed by atoms with van der Waals surface area (Å²) in [5.74, 6) is 1.87. The minimum Gasteiger partial charge on any atom is -0.256 e. The van der Waals surface area contributed by atoms with Crippen LogP contribution in [0, 0.1) is 6.92 Å². The SMILES string of the molecule is CCc1nc(CC)n(Cc2c(C)nn(C)c2Cl)n1. The van der Waals surface area contributed by atoms with Gasteiger partial charge in [0.05, 0.1) is 12.2 Å². The van der Waals surface area contributed by atoms with Gasteiger partial charge >= 0.3 is 0 Å². The third kappa shape index (κ3) is 2.27. The maximum Gasteiger partial charge on any atom is 0.150 e. The molecule has 0 saturated carbocycles. The zero-order chi connectivity index (χ0) is 13.3. The second kappa shape index (κ2) is 5.10. The minimum atomic E-state index is 0.634. The zero-order valence-corrected chi connectivity index (χ0v) is 12.0. The normalized spacial score (nSPS) is 11.2. The van der Waals surface area contributed by atoms with Crippen molar-refractivity contribution in [1.82, 2.24) is 24.5 Å². The lowest BCUT2D eigenvalue weighted by Crippen LogP contribution is -2.07. The highest BCUT2D eigenvalue weighted by molar-refractivity contribution is 6.30. The molecule has 6 heteroatoms. The van der Waals surface area contributed by atoms with Gasteiger partial charge in [-0.05, 0) is 6.92 Å². The van der Waals surface area contributed by atoms with Crippen LogP contribution in [0.25, 0.3) is 0 Å². The molecule has 18 heavy (non-hydrogen) atoms. The van der Waals surface area contributed by atoms with Gasteiger partial charge in [0.15, 0.2) is 5.82 Å². The number of aromatic nitrogens is 5. The first kappa shape index (κ1) is 13.1. The van der Waals surface area contributed by atoms with Crippen LogP contribution in [0.15, 0.2) is 0 Å². The van der Waals surface area contributed by atoms with Crippen LogP contribution in [0.5, 0.6) is 0 Å². The van der Waals surface area contributed by atoms with Crippen molar-refractivity contribution >= 4 is 11.6 Å². The van der Waals surface area contributed by atoms with Crippen molar-refractivity contribution in [2.75, 3.05) is 0 Å². The van der Waals surface area contributed by atoms with E-state index in [2.05, 4.69) is 29.0 Å². The predicted molar refractivity (Wildman–Crippen MR) is 70.8 cm³/mol. The van der Waals surface area contributed by atoms with Gasteiger partial charge in [0.25, 0.3) is 0 Å². The average Bonchev–Trinajstić information content (AvgIpc) is 2.86. The maximum absolute atomic E-state index is 6.24. The first-order valence-electron chi connectivity index (χ1n) is 6.17. The van der Waals surface area contributed by atoms with Crippen LogP contribution in [0.1, 0.15) is 36.8 Å². The summed E-state index contributed by atoms with van der Waals surface area (Å²) in [5, 5.41) is 9.48. The summed E-state index contributed by atoms with van der Waals surface area (Å²) in [6.45, 7) is 6.73. The van der Waals surface area contributed by atoms with Crippen LogP contribution in [-0.4, -0.2) is 24.5 Å². The highest BCUT2D eigenvalue weighted by Gasteiger charge is 2.15. The molecule has 0 aliphatic rings. The van der Waals surface area contributed by atoms with Gasteiger partial charge in [0.1, 0.15) is 11.0 Å². The Balaban J connectivity index is 2.36. The molecule has 5 nitrogen and oxygen atoms in total. The average molecular weight is 268 g/mol. The van der Waals surface area contributed by atoms with Crippen molar-refractivity contribution in [3.8, 4) is 0 Å². The van der Waals surface area contributed by atoms with Crippen LogP contribution in [-0.2, 0) is 26.4 Å². The van der Waals surface area contributed by atoms with Crippen molar-refractivity contribution < 1.29 is 0 Å². The molecule has 0 amide bonds. The molecule has 2 aromatic heterocycles. The number of hydrogen-bond donors (Lipinski definition) is 0. The zero-order valence-electron chi connectivity index (χ0n) is 11.2. The molecule has 0 N–H and O–H groups in total. The molecule has 0 radical (unpaired) electrons. The van der Waals surface area contributed by atoms with Gasteiger partial charge in [0, 0.05) is 25.5 Å². The fraction of sp³-hybridized carbons (Fsp3) is 0.583. The van der Waals surface area contributed by atoms with Crippen LogP contribution in [0.2, 0.25) is 5.15 Å². The summed E-state index contributed by atoms with van der Waals surface area (Å²) >= 11 is 6.24. The second-order valence-electron chi connectivity index (χ2n) is 4.29. The summed E-state index contributed by atoms with van der Waals surface area (Å²) in [6.07, 6.45) is 1.71. The number of rotatable bonds is 4. The predicted octanol–water partition coefficient (Wildman–Crippen LogP) is 2.15. The van der Waals surface area contributed by atoms with Crippen molar-refractivity contribution in [2.45, 2.75) is 40.2 Å². The van der Waals surface area contributed by atoms with E-state index < -0.39 is 0 Å².